The van der Waals surface area contributed by atoms with Gasteiger partial charge in [-0.2, -0.15) is 0 Å². The lowest BCUT2D eigenvalue weighted by Crippen LogP contribution is -2.04. The van der Waals surface area contributed by atoms with Crippen LogP contribution in [0.5, 0.6) is 0 Å². The largest absolute Gasteiger partial charge is 0.461 e. The van der Waals surface area contributed by atoms with Crippen molar-refractivity contribution in [3.05, 3.63) is 46.6 Å². The zero-order chi connectivity index (χ0) is 33.9. The lowest BCUT2D eigenvalue weighted by molar-refractivity contribution is -0.142. The second-order valence-electron chi connectivity index (χ2n) is 14.6. The molecular weight excluding hydrogens is 560 g/mol. The minimum Gasteiger partial charge on any atom is -0.461 e. The number of esters is 1. The molecule has 0 amide bonds. The Morgan fingerprint density at radius 2 is 0.739 bits per heavy atom. The molecule has 0 heterocycles. The zero-order valence-electron chi connectivity index (χ0n) is 32.1. The van der Waals surface area contributed by atoms with Crippen LogP contribution in [-0.4, -0.2) is 12.6 Å². The van der Waals surface area contributed by atoms with E-state index in [9.17, 15) is 4.79 Å². The first-order valence-electron chi connectivity index (χ1n) is 20.1. The minimum atomic E-state index is -0.0400. The van der Waals surface area contributed by atoms with Crippen LogP contribution in [0, 0.1) is 0 Å². The fraction of sp³-hybridized carbons (Fsp3) is 0.795. The summed E-state index contributed by atoms with van der Waals surface area (Å²) in [4.78, 5) is 12.1. The van der Waals surface area contributed by atoms with E-state index in [2.05, 4.69) is 65.8 Å². The monoisotopic (exact) mass is 641 g/mol. The molecule has 46 heavy (non-hydrogen) atoms. The predicted molar refractivity (Wildman–Crippen MR) is 207 cm³/mol. The van der Waals surface area contributed by atoms with Crippen molar-refractivity contribution in [2.45, 2.75) is 221 Å². The molecule has 0 aliphatic carbocycles. The maximum Gasteiger partial charge on any atom is 0.306 e. The van der Waals surface area contributed by atoms with Gasteiger partial charge in [-0.05, 0) is 85.6 Å². The average molecular weight is 641 g/mol. The van der Waals surface area contributed by atoms with Crippen molar-refractivity contribution in [1.29, 1.82) is 0 Å². The summed E-state index contributed by atoms with van der Waals surface area (Å²) in [6, 6.07) is 0. The molecule has 0 N–H and O–H groups in total. The third-order valence-electron chi connectivity index (χ3n) is 9.31. The van der Waals surface area contributed by atoms with Gasteiger partial charge in [0, 0.05) is 6.42 Å². The van der Waals surface area contributed by atoms with Crippen LogP contribution in [-0.2, 0) is 9.53 Å². The Morgan fingerprint density at radius 3 is 1.11 bits per heavy atom. The maximum absolute atomic E-state index is 12.1. The molecule has 0 rings (SSSR count). The van der Waals surface area contributed by atoms with E-state index in [1.165, 1.54) is 151 Å². The highest BCUT2D eigenvalue weighted by atomic mass is 16.5. The van der Waals surface area contributed by atoms with Crippen LogP contribution >= 0.6 is 0 Å². The molecule has 2 heteroatoms. The van der Waals surface area contributed by atoms with E-state index < -0.39 is 0 Å². The summed E-state index contributed by atoms with van der Waals surface area (Å²) in [5.41, 5.74) is 5.68. The van der Waals surface area contributed by atoms with Crippen molar-refractivity contribution < 1.29 is 9.53 Å². The Labute approximate surface area is 289 Å². The van der Waals surface area contributed by atoms with Gasteiger partial charge in [-0.3, -0.25) is 4.79 Å². The molecule has 0 saturated carbocycles. The van der Waals surface area contributed by atoms with Crippen molar-refractivity contribution >= 4 is 5.97 Å². The highest BCUT2D eigenvalue weighted by Crippen LogP contribution is 2.16. The summed E-state index contributed by atoms with van der Waals surface area (Å²) in [7, 11) is 0. The van der Waals surface area contributed by atoms with Gasteiger partial charge in [-0.1, -0.05) is 176 Å². The lowest BCUT2D eigenvalue weighted by atomic mass is 10.0. The minimum absolute atomic E-state index is 0.0400. The second kappa shape index (κ2) is 34.8. The molecule has 0 unspecified atom stereocenters. The molecule has 0 saturated heterocycles. The van der Waals surface area contributed by atoms with Gasteiger partial charge in [-0.25, -0.2) is 0 Å². The number of hydrogen-bond acceptors (Lipinski definition) is 2. The van der Waals surface area contributed by atoms with E-state index in [0.717, 1.165) is 44.9 Å². The van der Waals surface area contributed by atoms with Gasteiger partial charge in [-0.15, -0.1) is 0 Å². The van der Waals surface area contributed by atoms with Crippen LogP contribution in [0.3, 0.4) is 0 Å². The van der Waals surface area contributed by atoms with Crippen molar-refractivity contribution in [2.24, 2.45) is 0 Å². The third kappa shape index (κ3) is 35.3. The topological polar surface area (TPSA) is 26.3 Å². The maximum atomic E-state index is 12.1. The number of rotatable bonds is 33. The van der Waals surface area contributed by atoms with Crippen molar-refractivity contribution in [3.63, 3.8) is 0 Å². The Bertz CT molecular complexity index is 808. The van der Waals surface area contributed by atoms with Crippen molar-refractivity contribution in [3.8, 4) is 0 Å². The Balaban J connectivity index is 3.54. The first kappa shape index (κ1) is 44.4. The van der Waals surface area contributed by atoms with Gasteiger partial charge < -0.3 is 4.74 Å². The van der Waals surface area contributed by atoms with Gasteiger partial charge >= 0.3 is 5.97 Å². The molecule has 0 aromatic carbocycles. The average Bonchev–Trinajstić information content (AvgIpc) is 3.01. The Morgan fingerprint density at radius 1 is 0.413 bits per heavy atom. The van der Waals surface area contributed by atoms with Gasteiger partial charge in [0.05, 0.1) is 0 Å². The molecule has 0 aromatic heterocycles. The molecular formula is C44H80O2. The molecule has 268 valence electrons. The van der Waals surface area contributed by atoms with Gasteiger partial charge in [0.2, 0.25) is 0 Å². The normalized spacial score (nSPS) is 12.5. The molecule has 0 spiro atoms. The first-order valence-corrected chi connectivity index (χ1v) is 20.1. The molecule has 0 radical (unpaired) electrons. The number of carbonyl (C=O) groups is 1. The van der Waals surface area contributed by atoms with E-state index in [1.807, 2.05) is 0 Å². The number of ether oxygens (including phenoxy) is 1. The Kier molecular flexibility index (Phi) is 33.6. The smallest absolute Gasteiger partial charge is 0.306 e. The highest BCUT2D eigenvalue weighted by Gasteiger charge is 2.02. The summed E-state index contributed by atoms with van der Waals surface area (Å²) in [5.74, 6) is -0.0400. The summed E-state index contributed by atoms with van der Waals surface area (Å²) >= 11 is 0. The van der Waals surface area contributed by atoms with Crippen molar-refractivity contribution in [1.82, 2.24) is 0 Å². The molecule has 0 aromatic rings. The number of unbranched alkanes of at least 4 members (excludes halogenated alkanes) is 20. The summed E-state index contributed by atoms with van der Waals surface area (Å²) in [6.45, 7) is 13.7. The first-order chi connectivity index (χ1) is 22.3. The SMILES string of the molecule is CCCCCCCCCCCCCCCCCCCCCCCC(=O)OC/C=C(\C)CCC=C(C)CC/C=C(\C)CCC=C(C)C. The van der Waals surface area contributed by atoms with Gasteiger partial charge in [0.15, 0.2) is 0 Å². The summed E-state index contributed by atoms with van der Waals surface area (Å²) < 4.78 is 5.46. The second-order valence-corrected chi connectivity index (χ2v) is 14.6. The van der Waals surface area contributed by atoms with Gasteiger partial charge in [0.25, 0.3) is 0 Å². The lowest BCUT2D eigenvalue weighted by Gasteiger charge is -2.05. The molecule has 0 bridgehead atoms. The van der Waals surface area contributed by atoms with Crippen LogP contribution in [0.4, 0.5) is 0 Å². The summed E-state index contributed by atoms with van der Waals surface area (Å²) in [6.07, 6.45) is 45.4. The molecule has 0 aliphatic heterocycles. The van der Waals surface area contributed by atoms with Crippen LogP contribution in [0.1, 0.15) is 221 Å². The fourth-order valence-corrected chi connectivity index (χ4v) is 6.04. The van der Waals surface area contributed by atoms with Crippen LogP contribution in [0.15, 0.2) is 46.6 Å². The molecule has 0 aliphatic rings. The molecule has 2 nitrogen and oxygen atoms in total. The fourth-order valence-electron chi connectivity index (χ4n) is 6.04. The highest BCUT2D eigenvalue weighted by molar-refractivity contribution is 5.69. The molecule has 0 atom stereocenters. The van der Waals surface area contributed by atoms with E-state index >= 15 is 0 Å². The predicted octanol–water partition coefficient (Wildman–Crippen LogP) is 15.3. The van der Waals surface area contributed by atoms with E-state index in [1.54, 1.807) is 0 Å². The molecule has 0 fully saturated rings. The standard InChI is InChI=1S/C44H80O2/c1-7-8-9-10-11-12-13-14-15-16-17-18-19-20-21-22-23-24-25-26-27-37-44(45)46-39-38-43(6)36-30-35-42(5)34-29-33-41(4)32-28-31-40(2)3/h31,33,35,38H,7-30,32,34,36-37,39H2,1-6H3/b41-33+,42-35?,43-38+. The van der Waals surface area contributed by atoms with Crippen molar-refractivity contribution in [2.75, 3.05) is 6.61 Å². The number of allylic oxidation sites excluding steroid dienone is 7. The van der Waals surface area contributed by atoms with E-state index in [0.29, 0.717) is 13.0 Å². The van der Waals surface area contributed by atoms with Crippen LogP contribution in [0.25, 0.3) is 0 Å². The zero-order valence-corrected chi connectivity index (χ0v) is 32.1. The third-order valence-corrected chi connectivity index (χ3v) is 9.31. The van der Waals surface area contributed by atoms with Crippen LogP contribution in [0.2, 0.25) is 0 Å². The number of carbonyl (C=O) groups excluding carboxylic acids is 1. The quantitative estimate of drug-likeness (QED) is 0.0405. The number of hydrogen-bond donors (Lipinski definition) is 0. The Hall–Kier alpha value is -1.57. The van der Waals surface area contributed by atoms with Gasteiger partial charge in [0.1, 0.15) is 6.61 Å². The van der Waals surface area contributed by atoms with E-state index in [-0.39, 0.29) is 5.97 Å². The summed E-state index contributed by atoms with van der Waals surface area (Å²) in [5, 5.41) is 0. The van der Waals surface area contributed by atoms with E-state index in [4.69, 9.17) is 4.74 Å². The van der Waals surface area contributed by atoms with Crippen LogP contribution < -0.4 is 0 Å².